The summed E-state index contributed by atoms with van der Waals surface area (Å²) in [6.07, 6.45) is 6.37. The van der Waals surface area contributed by atoms with Gasteiger partial charge in [-0.2, -0.15) is 0 Å². The summed E-state index contributed by atoms with van der Waals surface area (Å²) in [5, 5.41) is 3.37. The third kappa shape index (κ3) is 2.54. The number of rotatable bonds is 2. The minimum atomic E-state index is 0.899. The molecule has 3 rings (SSSR count). The van der Waals surface area contributed by atoms with Crippen molar-refractivity contribution in [2.24, 2.45) is 11.8 Å². The first-order valence-electron chi connectivity index (χ1n) is 6.26. The molecule has 2 aliphatic rings. The number of anilines is 1. The minimum Gasteiger partial charge on any atom is -0.341 e. The van der Waals surface area contributed by atoms with Gasteiger partial charge in [-0.3, -0.25) is 0 Å². The Kier molecular flexibility index (Phi) is 3.46. The van der Waals surface area contributed by atoms with E-state index in [1.807, 2.05) is 12.4 Å². The molecule has 17 heavy (non-hydrogen) atoms. The van der Waals surface area contributed by atoms with E-state index in [-0.39, 0.29) is 0 Å². The lowest BCUT2D eigenvalue weighted by molar-refractivity contribution is 0.199. The molecule has 3 heterocycles. The molecule has 5 heteroatoms. The first kappa shape index (κ1) is 11.6. The molecule has 0 bridgehead atoms. The molecule has 0 radical (unpaired) electrons. The molecule has 0 aromatic carbocycles. The van der Waals surface area contributed by atoms with Crippen LogP contribution in [0.15, 0.2) is 12.4 Å². The maximum Gasteiger partial charge on any atom is 0.225 e. The van der Waals surface area contributed by atoms with E-state index < -0.39 is 0 Å². The SMILES string of the molecule is Ic1cnc(N2CCC(C3CNC3)CC2)nc1. The number of nitrogens with one attached hydrogen (secondary N) is 1. The van der Waals surface area contributed by atoms with Gasteiger partial charge in [0.05, 0.1) is 0 Å². The molecule has 2 saturated heterocycles. The Bertz CT molecular complexity index is 369. The average Bonchev–Trinajstić information content (AvgIpc) is 2.29. The van der Waals surface area contributed by atoms with Gasteiger partial charge in [0.1, 0.15) is 0 Å². The van der Waals surface area contributed by atoms with Crippen molar-refractivity contribution in [3.63, 3.8) is 0 Å². The predicted molar refractivity (Wildman–Crippen MR) is 76.0 cm³/mol. The van der Waals surface area contributed by atoms with Crippen LogP contribution in [0.5, 0.6) is 0 Å². The van der Waals surface area contributed by atoms with Crippen LogP contribution >= 0.6 is 22.6 Å². The molecule has 4 nitrogen and oxygen atoms in total. The number of hydrogen-bond donors (Lipinski definition) is 1. The molecular formula is C12H17IN4. The number of aromatic nitrogens is 2. The zero-order chi connectivity index (χ0) is 11.7. The normalized spacial score (nSPS) is 22.5. The first-order valence-corrected chi connectivity index (χ1v) is 7.34. The highest BCUT2D eigenvalue weighted by Crippen LogP contribution is 2.28. The summed E-state index contributed by atoms with van der Waals surface area (Å²) in [5.41, 5.74) is 0. The van der Waals surface area contributed by atoms with Crippen LogP contribution in [-0.2, 0) is 0 Å². The van der Waals surface area contributed by atoms with Gasteiger partial charge >= 0.3 is 0 Å². The van der Waals surface area contributed by atoms with E-state index in [4.69, 9.17) is 0 Å². The van der Waals surface area contributed by atoms with Crippen LogP contribution in [0, 0.1) is 15.4 Å². The maximum absolute atomic E-state index is 4.40. The molecule has 1 aromatic heterocycles. The topological polar surface area (TPSA) is 41.1 Å². The summed E-state index contributed by atoms with van der Waals surface area (Å²) in [5.74, 6) is 2.74. The lowest BCUT2D eigenvalue weighted by atomic mass is 9.81. The molecule has 0 spiro atoms. The van der Waals surface area contributed by atoms with Crippen LogP contribution in [0.4, 0.5) is 5.95 Å². The van der Waals surface area contributed by atoms with Crippen LogP contribution in [0.25, 0.3) is 0 Å². The molecule has 0 saturated carbocycles. The van der Waals surface area contributed by atoms with E-state index in [9.17, 15) is 0 Å². The molecule has 0 atom stereocenters. The smallest absolute Gasteiger partial charge is 0.225 e. The fraction of sp³-hybridized carbons (Fsp3) is 0.667. The van der Waals surface area contributed by atoms with Crippen molar-refractivity contribution in [3.05, 3.63) is 16.0 Å². The Morgan fingerprint density at radius 2 is 1.76 bits per heavy atom. The van der Waals surface area contributed by atoms with Gasteiger partial charge in [-0.25, -0.2) is 9.97 Å². The van der Waals surface area contributed by atoms with Gasteiger partial charge in [0.2, 0.25) is 5.95 Å². The number of halogens is 1. The van der Waals surface area contributed by atoms with E-state index in [0.717, 1.165) is 34.4 Å². The van der Waals surface area contributed by atoms with Crippen LogP contribution in [0.2, 0.25) is 0 Å². The molecule has 0 aliphatic carbocycles. The van der Waals surface area contributed by atoms with Gasteiger partial charge in [0, 0.05) is 29.1 Å². The quantitative estimate of drug-likeness (QED) is 0.826. The Morgan fingerprint density at radius 1 is 1.12 bits per heavy atom. The first-order chi connectivity index (χ1) is 8.33. The molecule has 92 valence electrons. The second-order valence-electron chi connectivity index (χ2n) is 4.94. The van der Waals surface area contributed by atoms with Crippen LogP contribution < -0.4 is 10.2 Å². The van der Waals surface area contributed by atoms with Crippen molar-refractivity contribution < 1.29 is 0 Å². The van der Waals surface area contributed by atoms with Gasteiger partial charge < -0.3 is 10.2 Å². The third-order valence-corrected chi connectivity index (χ3v) is 4.47. The van der Waals surface area contributed by atoms with Crippen molar-refractivity contribution in [1.82, 2.24) is 15.3 Å². The number of piperidine rings is 1. The highest BCUT2D eigenvalue weighted by Gasteiger charge is 2.30. The second kappa shape index (κ2) is 5.06. The number of nitrogens with zero attached hydrogens (tertiary/aromatic N) is 3. The minimum absolute atomic E-state index is 0.899. The van der Waals surface area contributed by atoms with Crippen molar-refractivity contribution >= 4 is 28.5 Å². The Morgan fingerprint density at radius 3 is 2.29 bits per heavy atom. The lowest BCUT2D eigenvalue weighted by Gasteiger charge is -2.40. The predicted octanol–water partition coefficient (Wildman–Crippen LogP) is 1.52. The van der Waals surface area contributed by atoms with Crippen LogP contribution in [0.3, 0.4) is 0 Å². The van der Waals surface area contributed by atoms with Crippen molar-refractivity contribution in [1.29, 1.82) is 0 Å². The maximum atomic E-state index is 4.40. The molecular weight excluding hydrogens is 327 g/mol. The monoisotopic (exact) mass is 344 g/mol. The number of hydrogen-bond acceptors (Lipinski definition) is 4. The zero-order valence-electron chi connectivity index (χ0n) is 9.77. The third-order valence-electron chi connectivity index (χ3n) is 3.91. The zero-order valence-corrected chi connectivity index (χ0v) is 11.9. The van der Waals surface area contributed by atoms with Crippen molar-refractivity contribution in [3.8, 4) is 0 Å². The second-order valence-corrected chi connectivity index (χ2v) is 6.19. The van der Waals surface area contributed by atoms with Crippen molar-refractivity contribution in [2.45, 2.75) is 12.8 Å². The fourth-order valence-electron chi connectivity index (χ4n) is 2.68. The average molecular weight is 344 g/mol. The standard InChI is InChI=1S/C12H17IN4/c13-11-7-15-12(16-8-11)17-3-1-9(2-4-17)10-5-14-6-10/h7-10,14H,1-6H2. The van der Waals surface area contributed by atoms with Gasteiger partial charge in [-0.05, 0) is 60.4 Å². The van der Waals surface area contributed by atoms with E-state index in [1.54, 1.807) is 0 Å². The molecule has 1 N–H and O–H groups in total. The largest absolute Gasteiger partial charge is 0.341 e. The summed E-state index contributed by atoms with van der Waals surface area (Å²) in [4.78, 5) is 11.1. The van der Waals surface area contributed by atoms with Gasteiger partial charge in [0.15, 0.2) is 0 Å². The lowest BCUT2D eigenvalue weighted by Crippen LogP contribution is -2.49. The molecule has 2 fully saturated rings. The Hall–Kier alpha value is -0.430. The molecule has 0 amide bonds. The van der Waals surface area contributed by atoms with E-state index >= 15 is 0 Å². The summed E-state index contributed by atoms with van der Waals surface area (Å²) >= 11 is 2.24. The van der Waals surface area contributed by atoms with Gasteiger partial charge in [0.25, 0.3) is 0 Å². The Balaban J connectivity index is 1.58. The van der Waals surface area contributed by atoms with Gasteiger partial charge in [-0.1, -0.05) is 0 Å². The summed E-state index contributed by atoms with van der Waals surface area (Å²) in [6, 6.07) is 0. The highest BCUT2D eigenvalue weighted by atomic mass is 127. The highest BCUT2D eigenvalue weighted by molar-refractivity contribution is 14.1. The molecule has 2 aliphatic heterocycles. The summed E-state index contributed by atoms with van der Waals surface area (Å²) < 4.78 is 1.10. The molecule has 0 unspecified atom stereocenters. The van der Waals surface area contributed by atoms with E-state index in [0.29, 0.717) is 0 Å². The van der Waals surface area contributed by atoms with Crippen LogP contribution in [-0.4, -0.2) is 36.1 Å². The molecule has 1 aromatic rings. The van der Waals surface area contributed by atoms with Crippen LogP contribution in [0.1, 0.15) is 12.8 Å². The van der Waals surface area contributed by atoms with E-state index in [2.05, 4.69) is 42.8 Å². The summed E-state index contributed by atoms with van der Waals surface area (Å²) in [7, 11) is 0. The van der Waals surface area contributed by atoms with E-state index in [1.165, 1.54) is 25.9 Å². The summed E-state index contributed by atoms with van der Waals surface area (Å²) in [6.45, 7) is 4.68. The fourth-order valence-corrected chi connectivity index (χ4v) is 2.96. The Labute approximate surface area is 115 Å². The van der Waals surface area contributed by atoms with Crippen molar-refractivity contribution in [2.75, 3.05) is 31.1 Å². The van der Waals surface area contributed by atoms with Gasteiger partial charge in [-0.15, -0.1) is 0 Å².